The van der Waals surface area contributed by atoms with E-state index in [0.717, 1.165) is 0 Å². The zero-order chi connectivity index (χ0) is 15.8. The molecule has 4 nitrogen and oxygen atoms in total. The van der Waals surface area contributed by atoms with Gasteiger partial charge in [0.15, 0.2) is 0 Å². The SMILES string of the molecule is COC(=O)CC(C)SCC(=O)N(C)Cc1ccccc1F. The van der Waals surface area contributed by atoms with Gasteiger partial charge in [-0.2, -0.15) is 0 Å². The largest absolute Gasteiger partial charge is 0.469 e. The fraction of sp³-hybridized carbons (Fsp3) is 0.467. The predicted octanol–water partition coefficient (Wildman–Crippen LogP) is 2.47. The van der Waals surface area contributed by atoms with E-state index in [-0.39, 0.29) is 41.7 Å². The lowest BCUT2D eigenvalue weighted by Crippen LogP contribution is -2.29. The van der Waals surface area contributed by atoms with Crippen LogP contribution in [0.1, 0.15) is 18.9 Å². The first kappa shape index (κ1) is 17.5. The second-order valence-corrected chi connectivity index (χ2v) is 6.17. The van der Waals surface area contributed by atoms with Gasteiger partial charge in [-0.15, -0.1) is 11.8 Å². The number of amides is 1. The van der Waals surface area contributed by atoms with E-state index in [0.29, 0.717) is 5.56 Å². The van der Waals surface area contributed by atoms with E-state index >= 15 is 0 Å². The fourth-order valence-electron chi connectivity index (χ4n) is 1.67. The second kappa shape index (κ2) is 8.67. The Labute approximate surface area is 128 Å². The van der Waals surface area contributed by atoms with Crippen LogP contribution in [0.15, 0.2) is 24.3 Å². The topological polar surface area (TPSA) is 46.6 Å². The smallest absolute Gasteiger partial charge is 0.306 e. The summed E-state index contributed by atoms with van der Waals surface area (Å²) in [6.45, 7) is 2.10. The highest BCUT2D eigenvalue weighted by Gasteiger charge is 2.15. The maximum Gasteiger partial charge on any atom is 0.306 e. The third kappa shape index (κ3) is 6.16. The number of halogens is 1. The van der Waals surface area contributed by atoms with E-state index < -0.39 is 0 Å². The van der Waals surface area contributed by atoms with Gasteiger partial charge in [-0.1, -0.05) is 25.1 Å². The molecule has 0 fully saturated rings. The molecule has 1 amide bonds. The number of rotatable bonds is 7. The predicted molar refractivity (Wildman–Crippen MR) is 81.4 cm³/mol. The normalized spacial score (nSPS) is 11.8. The Balaban J connectivity index is 2.41. The number of ether oxygens (including phenoxy) is 1. The van der Waals surface area contributed by atoms with Crippen LogP contribution in [0.2, 0.25) is 0 Å². The molecular formula is C15H20FNO3S. The van der Waals surface area contributed by atoms with E-state index in [2.05, 4.69) is 4.74 Å². The van der Waals surface area contributed by atoms with Gasteiger partial charge in [0.1, 0.15) is 5.82 Å². The molecule has 1 aromatic carbocycles. The molecule has 0 saturated carbocycles. The number of thioether (sulfide) groups is 1. The first-order valence-corrected chi connectivity index (χ1v) is 7.64. The minimum absolute atomic E-state index is 0.00302. The molecule has 1 rings (SSSR count). The Hall–Kier alpha value is -1.56. The van der Waals surface area contributed by atoms with Crippen molar-refractivity contribution >= 4 is 23.6 Å². The van der Waals surface area contributed by atoms with Crippen molar-refractivity contribution in [1.82, 2.24) is 4.90 Å². The van der Waals surface area contributed by atoms with E-state index in [1.54, 1.807) is 25.2 Å². The van der Waals surface area contributed by atoms with E-state index in [1.807, 2.05) is 6.92 Å². The van der Waals surface area contributed by atoms with Crippen LogP contribution in [-0.4, -0.2) is 41.9 Å². The number of benzene rings is 1. The van der Waals surface area contributed by atoms with Crippen molar-refractivity contribution in [3.05, 3.63) is 35.6 Å². The molecule has 0 aliphatic heterocycles. The van der Waals surface area contributed by atoms with Crippen LogP contribution in [0.5, 0.6) is 0 Å². The molecule has 6 heteroatoms. The Morgan fingerprint density at radius 1 is 1.38 bits per heavy atom. The lowest BCUT2D eigenvalue weighted by molar-refractivity contribution is -0.140. The molecule has 0 bridgehead atoms. The first-order chi connectivity index (χ1) is 9.93. The van der Waals surface area contributed by atoms with E-state index in [9.17, 15) is 14.0 Å². The minimum atomic E-state index is -0.316. The third-order valence-electron chi connectivity index (χ3n) is 2.96. The van der Waals surface area contributed by atoms with Crippen LogP contribution < -0.4 is 0 Å². The van der Waals surface area contributed by atoms with Crippen LogP contribution in [0.4, 0.5) is 4.39 Å². The van der Waals surface area contributed by atoms with Crippen molar-refractivity contribution in [3.8, 4) is 0 Å². The van der Waals surface area contributed by atoms with Crippen molar-refractivity contribution in [3.63, 3.8) is 0 Å². The number of esters is 1. The van der Waals surface area contributed by atoms with Crippen molar-refractivity contribution in [2.75, 3.05) is 19.9 Å². The summed E-state index contributed by atoms with van der Waals surface area (Å²) in [5, 5.41) is 0.00302. The first-order valence-electron chi connectivity index (χ1n) is 6.59. The maximum atomic E-state index is 13.5. The molecular weight excluding hydrogens is 293 g/mol. The quantitative estimate of drug-likeness (QED) is 0.726. The molecule has 0 spiro atoms. The molecule has 1 aromatic rings. The van der Waals surface area contributed by atoms with Gasteiger partial charge >= 0.3 is 5.97 Å². The highest BCUT2D eigenvalue weighted by Crippen LogP contribution is 2.16. The van der Waals surface area contributed by atoms with E-state index in [4.69, 9.17) is 0 Å². The van der Waals surface area contributed by atoms with Gasteiger partial charge in [0.2, 0.25) is 5.91 Å². The molecule has 116 valence electrons. The van der Waals surface area contributed by atoms with Gasteiger partial charge in [-0.05, 0) is 6.07 Å². The second-order valence-electron chi connectivity index (χ2n) is 4.74. The van der Waals surface area contributed by atoms with Crippen LogP contribution in [-0.2, 0) is 20.9 Å². The van der Waals surface area contributed by atoms with Crippen LogP contribution in [0.25, 0.3) is 0 Å². The summed E-state index contributed by atoms with van der Waals surface area (Å²) in [6.07, 6.45) is 0.269. The number of hydrogen-bond acceptors (Lipinski definition) is 4. The molecule has 1 atom stereocenters. The van der Waals surface area contributed by atoms with E-state index in [1.165, 1.54) is 29.8 Å². The van der Waals surface area contributed by atoms with Gasteiger partial charge < -0.3 is 9.64 Å². The summed E-state index contributed by atoms with van der Waals surface area (Å²) in [5.41, 5.74) is 0.487. The summed E-state index contributed by atoms with van der Waals surface area (Å²) in [7, 11) is 2.98. The average molecular weight is 313 g/mol. The highest BCUT2D eigenvalue weighted by atomic mass is 32.2. The summed E-state index contributed by atoms with van der Waals surface area (Å²) >= 11 is 1.39. The minimum Gasteiger partial charge on any atom is -0.469 e. The van der Waals surface area contributed by atoms with Crippen LogP contribution in [0, 0.1) is 5.82 Å². The van der Waals surface area contributed by atoms with Crippen molar-refractivity contribution in [2.24, 2.45) is 0 Å². The summed E-state index contributed by atoms with van der Waals surface area (Å²) in [6, 6.07) is 6.39. The Kier molecular flexibility index (Phi) is 7.22. The molecule has 0 radical (unpaired) electrons. The molecule has 1 unspecified atom stereocenters. The Morgan fingerprint density at radius 2 is 2.05 bits per heavy atom. The van der Waals surface area contributed by atoms with Crippen molar-refractivity contribution < 1.29 is 18.7 Å². The monoisotopic (exact) mass is 313 g/mol. The molecule has 0 aromatic heterocycles. The molecule has 0 aliphatic rings. The number of hydrogen-bond donors (Lipinski definition) is 0. The molecule has 21 heavy (non-hydrogen) atoms. The summed E-state index contributed by atoms with van der Waals surface area (Å²) in [4.78, 5) is 24.6. The average Bonchev–Trinajstić information content (AvgIpc) is 2.46. The number of carbonyl (C=O) groups excluding carboxylic acids is 2. The lowest BCUT2D eigenvalue weighted by atomic mass is 10.2. The molecule has 0 heterocycles. The van der Waals surface area contributed by atoms with Gasteiger partial charge in [0.25, 0.3) is 0 Å². The Bertz CT molecular complexity index is 496. The number of carbonyl (C=O) groups is 2. The van der Waals surface area contributed by atoms with Gasteiger partial charge in [-0.25, -0.2) is 4.39 Å². The van der Waals surface area contributed by atoms with Gasteiger partial charge in [-0.3, -0.25) is 9.59 Å². The molecule has 0 N–H and O–H groups in total. The zero-order valence-corrected chi connectivity index (χ0v) is 13.3. The Morgan fingerprint density at radius 3 is 2.67 bits per heavy atom. The van der Waals surface area contributed by atoms with Gasteiger partial charge in [0, 0.05) is 24.4 Å². The fourth-order valence-corrected chi connectivity index (χ4v) is 2.57. The van der Waals surface area contributed by atoms with Crippen LogP contribution in [0.3, 0.4) is 0 Å². The maximum absolute atomic E-state index is 13.5. The van der Waals surface area contributed by atoms with Gasteiger partial charge in [0.05, 0.1) is 19.3 Å². The summed E-state index contributed by atoms with van der Waals surface area (Å²) in [5.74, 6) is -0.450. The standard InChI is InChI=1S/C15H20FNO3S/c1-11(8-15(19)20-3)21-10-14(18)17(2)9-12-6-4-5-7-13(12)16/h4-7,11H,8-10H2,1-3H3. The third-order valence-corrected chi connectivity index (χ3v) is 4.11. The molecule has 0 aliphatic carbocycles. The number of nitrogens with zero attached hydrogens (tertiary/aromatic N) is 1. The summed E-state index contributed by atoms with van der Waals surface area (Å²) < 4.78 is 18.1. The zero-order valence-electron chi connectivity index (χ0n) is 12.5. The van der Waals surface area contributed by atoms with Crippen molar-refractivity contribution in [1.29, 1.82) is 0 Å². The number of methoxy groups -OCH3 is 1. The molecule has 0 saturated heterocycles. The lowest BCUT2D eigenvalue weighted by Gasteiger charge is -2.18. The van der Waals surface area contributed by atoms with Crippen LogP contribution >= 0.6 is 11.8 Å². The van der Waals surface area contributed by atoms with Crippen molar-refractivity contribution in [2.45, 2.75) is 25.1 Å². The highest BCUT2D eigenvalue weighted by molar-refractivity contribution is 8.00.